The van der Waals surface area contributed by atoms with Gasteiger partial charge in [0.05, 0.1) is 10.7 Å². The molecule has 0 aliphatic carbocycles. The molecule has 0 spiro atoms. The third-order valence-electron chi connectivity index (χ3n) is 2.53. The number of rotatable bonds is 3. The first-order valence-corrected chi connectivity index (χ1v) is 7.02. The van der Waals surface area contributed by atoms with E-state index in [1.807, 2.05) is 12.1 Å². The number of nitrogens with zero attached hydrogens (tertiary/aromatic N) is 5. The molecule has 3 rings (SSSR count). The molecule has 0 aliphatic rings. The van der Waals surface area contributed by atoms with Gasteiger partial charge in [0, 0.05) is 16.9 Å². The summed E-state index contributed by atoms with van der Waals surface area (Å²) in [5.74, 6) is 0.693. The molecule has 2 aromatic heterocycles. The maximum absolute atomic E-state index is 6.12. The summed E-state index contributed by atoms with van der Waals surface area (Å²) in [6.45, 7) is 0. The Labute approximate surface area is 133 Å². The highest BCUT2D eigenvalue weighted by Gasteiger charge is 2.09. The minimum atomic E-state index is 0.0871. The van der Waals surface area contributed by atoms with Crippen LogP contribution < -0.4 is 11.1 Å². The average Bonchev–Trinajstić information content (AvgIpc) is 2.96. The van der Waals surface area contributed by atoms with E-state index in [4.69, 9.17) is 17.3 Å². The molecule has 0 radical (unpaired) electrons. The normalized spacial score (nSPS) is 10.6. The summed E-state index contributed by atoms with van der Waals surface area (Å²) in [6, 6.07) is 7.17. The summed E-state index contributed by atoms with van der Waals surface area (Å²) < 4.78 is 2.37. The number of nitrogen functional groups attached to an aromatic ring is 1. The minimum absolute atomic E-state index is 0.0871. The van der Waals surface area contributed by atoms with Crippen LogP contribution in [0.2, 0.25) is 5.02 Å². The smallest absolute Gasteiger partial charge is 0.257 e. The topological polar surface area (TPSA) is 94.5 Å². The van der Waals surface area contributed by atoms with Crippen LogP contribution in [0.1, 0.15) is 0 Å². The number of hydrogen-bond donors (Lipinski definition) is 2. The lowest BCUT2D eigenvalue weighted by Gasteiger charge is -2.09. The fourth-order valence-corrected chi connectivity index (χ4v) is 2.17. The third kappa shape index (κ3) is 3.11. The molecule has 0 saturated heterocycles. The van der Waals surface area contributed by atoms with Gasteiger partial charge in [-0.15, -0.1) is 0 Å². The van der Waals surface area contributed by atoms with E-state index in [-0.39, 0.29) is 11.9 Å². The lowest BCUT2D eigenvalue weighted by atomic mass is 10.3. The Kier molecular flexibility index (Phi) is 3.72. The summed E-state index contributed by atoms with van der Waals surface area (Å²) in [5, 5.41) is 7.60. The zero-order valence-corrected chi connectivity index (χ0v) is 12.9. The Morgan fingerprint density at radius 1 is 1.24 bits per heavy atom. The van der Waals surface area contributed by atoms with Gasteiger partial charge in [0.1, 0.15) is 0 Å². The highest BCUT2D eigenvalue weighted by Crippen LogP contribution is 2.27. The highest BCUT2D eigenvalue weighted by atomic mass is 79.9. The van der Waals surface area contributed by atoms with Crippen molar-refractivity contribution in [2.45, 2.75) is 0 Å². The largest absolute Gasteiger partial charge is 0.368 e. The molecule has 0 saturated carbocycles. The summed E-state index contributed by atoms with van der Waals surface area (Å²) in [5.41, 5.74) is 6.36. The van der Waals surface area contributed by atoms with Gasteiger partial charge in [-0.25, -0.2) is 4.68 Å². The lowest BCUT2D eigenvalue weighted by Crippen LogP contribution is -2.09. The second-order valence-electron chi connectivity index (χ2n) is 4.02. The first-order chi connectivity index (χ1) is 10.1. The fraction of sp³-hybridized carbons (Fsp3) is 0. The SMILES string of the molecule is Nc1nc(Nc2cc(Br)ccc2Cl)nc(-n2cccn2)n1. The number of nitrogens with one attached hydrogen (secondary N) is 1. The van der Waals surface area contributed by atoms with Gasteiger partial charge in [-0.1, -0.05) is 27.5 Å². The first-order valence-electron chi connectivity index (χ1n) is 5.85. The fourth-order valence-electron chi connectivity index (χ4n) is 1.64. The van der Waals surface area contributed by atoms with Crippen LogP contribution in [0.25, 0.3) is 5.95 Å². The minimum Gasteiger partial charge on any atom is -0.368 e. The second kappa shape index (κ2) is 5.66. The molecule has 0 aliphatic heterocycles. The van der Waals surface area contributed by atoms with Gasteiger partial charge in [-0.3, -0.25) is 0 Å². The van der Waals surface area contributed by atoms with Crippen molar-refractivity contribution in [1.29, 1.82) is 0 Å². The molecule has 0 fully saturated rings. The Balaban J connectivity index is 1.97. The van der Waals surface area contributed by atoms with Gasteiger partial charge in [0.15, 0.2) is 0 Å². The van der Waals surface area contributed by atoms with Crippen LogP contribution in [0.5, 0.6) is 0 Å². The maximum Gasteiger partial charge on any atom is 0.257 e. The van der Waals surface area contributed by atoms with Crippen molar-refractivity contribution in [3.8, 4) is 5.95 Å². The van der Waals surface area contributed by atoms with E-state index in [0.717, 1.165) is 4.47 Å². The molecule has 106 valence electrons. The summed E-state index contributed by atoms with van der Waals surface area (Å²) >= 11 is 9.50. The number of benzene rings is 1. The molecule has 2 heterocycles. The van der Waals surface area contributed by atoms with Gasteiger partial charge >= 0.3 is 0 Å². The molecule has 3 N–H and O–H groups in total. The van der Waals surface area contributed by atoms with E-state index < -0.39 is 0 Å². The monoisotopic (exact) mass is 365 g/mol. The van der Waals surface area contributed by atoms with Gasteiger partial charge in [-0.2, -0.15) is 20.1 Å². The van der Waals surface area contributed by atoms with E-state index in [2.05, 4.69) is 41.3 Å². The molecule has 9 heteroatoms. The van der Waals surface area contributed by atoms with E-state index in [1.54, 1.807) is 24.5 Å². The van der Waals surface area contributed by atoms with E-state index in [9.17, 15) is 0 Å². The number of aromatic nitrogens is 5. The molecule has 7 nitrogen and oxygen atoms in total. The Hall–Kier alpha value is -2.19. The van der Waals surface area contributed by atoms with E-state index in [0.29, 0.717) is 16.7 Å². The number of hydrogen-bond acceptors (Lipinski definition) is 6. The molecule has 0 amide bonds. The standard InChI is InChI=1S/C12H9BrClN7/c13-7-2-3-8(14)9(6-7)17-11-18-10(15)19-12(20-11)21-5-1-4-16-21/h1-6H,(H3,15,17,18,19,20). The second-order valence-corrected chi connectivity index (χ2v) is 5.34. The van der Waals surface area contributed by atoms with Crippen molar-refractivity contribution in [1.82, 2.24) is 24.7 Å². The molecule has 0 unspecified atom stereocenters. The molecule has 21 heavy (non-hydrogen) atoms. The molecule has 1 aromatic carbocycles. The van der Waals surface area contributed by atoms with Crippen molar-refractivity contribution >= 4 is 45.1 Å². The van der Waals surface area contributed by atoms with Gasteiger partial charge < -0.3 is 11.1 Å². The van der Waals surface area contributed by atoms with Crippen LogP contribution in [0.4, 0.5) is 17.6 Å². The summed E-state index contributed by atoms with van der Waals surface area (Å²) in [6.07, 6.45) is 3.34. The third-order valence-corrected chi connectivity index (χ3v) is 3.35. The molecular weight excluding hydrogens is 358 g/mol. The van der Waals surface area contributed by atoms with Crippen molar-refractivity contribution < 1.29 is 0 Å². The van der Waals surface area contributed by atoms with Crippen LogP contribution in [0.15, 0.2) is 41.1 Å². The zero-order valence-electron chi connectivity index (χ0n) is 10.5. The molecule has 0 atom stereocenters. The first kappa shape index (κ1) is 13.8. The van der Waals surface area contributed by atoms with E-state index in [1.165, 1.54) is 4.68 Å². The Bertz CT molecular complexity index is 775. The van der Waals surface area contributed by atoms with Gasteiger partial charge in [0.2, 0.25) is 11.9 Å². The summed E-state index contributed by atoms with van der Waals surface area (Å²) in [4.78, 5) is 12.3. The van der Waals surface area contributed by atoms with Crippen molar-refractivity contribution in [2.75, 3.05) is 11.1 Å². The van der Waals surface area contributed by atoms with Crippen molar-refractivity contribution in [3.05, 3.63) is 46.2 Å². The van der Waals surface area contributed by atoms with Crippen LogP contribution in [0, 0.1) is 0 Å². The highest BCUT2D eigenvalue weighted by molar-refractivity contribution is 9.10. The summed E-state index contributed by atoms with van der Waals surface area (Å²) in [7, 11) is 0. The zero-order chi connectivity index (χ0) is 14.8. The van der Waals surface area contributed by atoms with Gasteiger partial charge in [0.25, 0.3) is 5.95 Å². The Morgan fingerprint density at radius 3 is 2.86 bits per heavy atom. The number of nitrogens with two attached hydrogens (primary N) is 1. The molecule has 0 bridgehead atoms. The predicted octanol–water partition coefficient (Wildman–Crippen LogP) is 2.80. The average molecular weight is 367 g/mol. The number of anilines is 3. The van der Waals surface area contributed by atoms with Crippen molar-refractivity contribution in [2.24, 2.45) is 0 Å². The molecule has 3 aromatic rings. The van der Waals surface area contributed by atoms with Crippen LogP contribution in [-0.2, 0) is 0 Å². The number of halogens is 2. The predicted molar refractivity (Wildman–Crippen MR) is 83.8 cm³/mol. The van der Waals surface area contributed by atoms with Crippen LogP contribution in [-0.4, -0.2) is 24.7 Å². The van der Waals surface area contributed by atoms with Crippen LogP contribution in [0.3, 0.4) is 0 Å². The quantitative estimate of drug-likeness (QED) is 0.740. The van der Waals surface area contributed by atoms with Crippen molar-refractivity contribution in [3.63, 3.8) is 0 Å². The maximum atomic E-state index is 6.12. The molecular formula is C12H9BrClN7. The van der Waals surface area contributed by atoms with Crippen LogP contribution >= 0.6 is 27.5 Å². The van der Waals surface area contributed by atoms with Gasteiger partial charge in [-0.05, 0) is 24.3 Å². The van der Waals surface area contributed by atoms with E-state index >= 15 is 0 Å². The lowest BCUT2D eigenvalue weighted by molar-refractivity contribution is 0.801. The Morgan fingerprint density at radius 2 is 2.10 bits per heavy atom.